The lowest BCUT2D eigenvalue weighted by molar-refractivity contribution is -0.123. The van der Waals surface area contributed by atoms with Gasteiger partial charge in [0.2, 0.25) is 5.91 Å². The van der Waals surface area contributed by atoms with Gasteiger partial charge in [0.25, 0.3) is 0 Å². The molecule has 3 aromatic rings. The summed E-state index contributed by atoms with van der Waals surface area (Å²) in [4.78, 5) is 17.4. The summed E-state index contributed by atoms with van der Waals surface area (Å²) >= 11 is 12.4. The Balaban J connectivity index is 1.90. The summed E-state index contributed by atoms with van der Waals surface area (Å²) in [5, 5.41) is 3.94. The highest BCUT2D eigenvalue weighted by atomic mass is 35.5. The van der Waals surface area contributed by atoms with E-state index < -0.39 is 5.41 Å². The number of nitrogens with zero attached hydrogens (tertiary/aromatic N) is 1. The molecule has 0 spiro atoms. The van der Waals surface area contributed by atoms with Gasteiger partial charge >= 0.3 is 0 Å². The molecule has 0 aliphatic heterocycles. The lowest BCUT2D eigenvalue weighted by Gasteiger charge is -2.28. The quantitative estimate of drug-likeness (QED) is 0.626. The molecule has 0 bridgehead atoms. The van der Waals surface area contributed by atoms with Crippen molar-refractivity contribution >= 4 is 45.7 Å². The SMILES string of the molecule is O=C(Nc1cccc2cccnc12)C(CCl)(CCl)Cc1ccccc1. The first-order valence-electron chi connectivity index (χ1n) is 7.99. The first-order chi connectivity index (χ1) is 12.2. The van der Waals surface area contributed by atoms with Crippen molar-refractivity contribution in [2.24, 2.45) is 5.41 Å². The Bertz CT molecular complexity index is 858. The van der Waals surface area contributed by atoms with Gasteiger partial charge in [-0.1, -0.05) is 48.5 Å². The number of para-hydroxylation sites is 1. The molecule has 0 radical (unpaired) electrons. The van der Waals surface area contributed by atoms with E-state index in [9.17, 15) is 4.79 Å². The van der Waals surface area contributed by atoms with Crippen molar-refractivity contribution in [1.29, 1.82) is 0 Å². The van der Waals surface area contributed by atoms with Crippen molar-refractivity contribution in [3.05, 3.63) is 72.4 Å². The molecule has 2 aromatic carbocycles. The number of anilines is 1. The molecule has 0 fully saturated rings. The van der Waals surface area contributed by atoms with E-state index in [1.54, 1.807) is 6.20 Å². The molecule has 0 unspecified atom stereocenters. The van der Waals surface area contributed by atoms with Crippen LogP contribution in [0.15, 0.2) is 66.9 Å². The van der Waals surface area contributed by atoms with E-state index in [4.69, 9.17) is 23.2 Å². The number of hydrogen-bond donors (Lipinski definition) is 1. The van der Waals surface area contributed by atoms with E-state index in [2.05, 4.69) is 10.3 Å². The molecule has 3 nitrogen and oxygen atoms in total. The predicted octanol–water partition coefficient (Wildman–Crippen LogP) is 4.88. The van der Waals surface area contributed by atoms with Crippen LogP contribution in [0, 0.1) is 5.41 Å². The molecule has 0 saturated carbocycles. The largest absolute Gasteiger partial charge is 0.324 e. The third kappa shape index (κ3) is 3.78. The molecule has 1 heterocycles. The van der Waals surface area contributed by atoms with Gasteiger partial charge in [0.05, 0.1) is 16.6 Å². The second-order valence-electron chi connectivity index (χ2n) is 6.04. The number of benzene rings is 2. The topological polar surface area (TPSA) is 42.0 Å². The molecule has 0 saturated heterocycles. The second-order valence-corrected chi connectivity index (χ2v) is 6.58. The molecular weight excluding hydrogens is 355 g/mol. The van der Waals surface area contributed by atoms with Gasteiger partial charge in [0.1, 0.15) is 0 Å². The summed E-state index contributed by atoms with van der Waals surface area (Å²) in [7, 11) is 0. The zero-order valence-corrected chi connectivity index (χ0v) is 15.1. The van der Waals surface area contributed by atoms with Gasteiger partial charge in [0, 0.05) is 23.3 Å². The van der Waals surface area contributed by atoms with Crippen molar-refractivity contribution in [1.82, 2.24) is 4.98 Å². The lowest BCUT2D eigenvalue weighted by atomic mass is 9.84. The number of nitrogens with one attached hydrogen (secondary N) is 1. The van der Waals surface area contributed by atoms with Crippen LogP contribution in [0.2, 0.25) is 0 Å². The fraction of sp³-hybridized carbons (Fsp3) is 0.200. The number of pyridine rings is 1. The van der Waals surface area contributed by atoms with E-state index in [-0.39, 0.29) is 17.7 Å². The number of fused-ring (bicyclic) bond motifs is 1. The molecule has 0 atom stereocenters. The predicted molar refractivity (Wildman–Crippen MR) is 104 cm³/mol. The van der Waals surface area contributed by atoms with Gasteiger partial charge in [0.15, 0.2) is 0 Å². The molecule has 1 amide bonds. The highest BCUT2D eigenvalue weighted by Gasteiger charge is 2.37. The molecule has 1 aromatic heterocycles. The summed E-state index contributed by atoms with van der Waals surface area (Å²) in [5.74, 6) is 0.0738. The fourth-order valence-electron chi connectivity index (χ4n) is 2.78. The molecular formula is C20H18Cl2N2O. The first-order valence-corrected chi connectivity index (χ1v) is 9.06. The fourth-order valence-corrected chi connectivity index (χ4v) is 3.50. The summed E-state index contributed by atoms with van der Waals surface area (Å²) in [5.41, 5.74) is 1.54. The van der Waals surface area contributed by atoms with E-state index in [0.717, 1.165) is 16.5 Å². The van der Waals surface area contributed by atoms with Crippen LogP contribution in [-0.2, 0) is 11.2 Å². The van der Waals surface area contributed by atoms with Crippen molar-refractivity contribution in [2.45, 2.75) is 6.42 Å². The maximum Gasteiger partial charge on any atom is 0.233 e. The van der Waals surface area contributed by atoms with Gasteiger partial charge in [-0.05, 0) is 24.1 Å². The van der Waals surface area contributed by atoms with Gasteiger partial charge in [-0.2, -0.15) is 0 Å². The van der Waals surface area contributed by atoms with Crippen LogP contribution < -0.4 is 5.32 Å². The van der Waals surface area contributed by atoms with Crippen LogP contribution >= 0.6 is 23.2 Å². The summed E-state index contributed by atoms with van der Waals surface area (Å²) < 4.78 is 0. The number of aromatic nitrogens is 1. The average molecular weight is 373 g/mol. The third-order valence-corrected chi connectivity index (χ3v) is 5.28. The van der Waals surface area contributed by atoms with Crippen LogP contribution in [0.5, 0.6) is 0 Å². The van der Waals surface area contributed by atoms with Crippen LogP contribution in [0.1, 0.15) is 5.56 Å². The number of carbonyl (C=O) groups excluding carboxylic acids is 1. The van der Waals surface area contributed by atoms with Gasteiger partial charge in [-0.15, -0.1) is 23.2 Å². The minimum absolute atomic E-state index is 0.134. The number of rotatable bonds is 6. The Morgan fingerprint density at radius 1 is 0.960 bits per heavy atom. The molecule has 128 valence electrons. The van der Waals surface area contributed by atoms with Crippen molar-refractivity contribution in [3.8, 4) is 0 Å². The van der Waals surface area contributed by atoms with E-state index in [1.165, 1.54) is 0 Å². The maximum atomic E-state index is 13.0. The van der Waals surface area contributed by atoms with Crippen LogP contribution in [0.4, 0.5) is 5.69 Å². The highest BCUT2D eigenvalue weighted by Crippen LogP contribution is 2.30. The Kier molecular flexibility index (Phi) is 5.57. The smallest absolute Gasteiger partial charge is 0.233 e. The van der Waals surface area contributed by atoms with Crippen LogP contribution in [0.25, 0.3) is 10.9 Å². The average Bonchev–Trinajstić information content (AvgIpc) is 2.67. The zero-order valence-electron chi connectivity index (χ0n) is 13.6. The minimum Gasteiger partial charge on any atom is -0.324 e. The first kappa shape index (κ1) is 17.7. The number of hydrogen-bond acceptors (Lipinski definition) is 2. The molecule has 5 heteroatoms. The van der Waals surface area contributed by atoms with Gasteiger partial charge < -0.3 is 5.32 Å². The van der Waals surface area contributed by atoms with Crippen molar-refractivity contribution in [3.63, 3.8) is 0 Å². The van der Waals surface area contributed by atoms with Gasteiger partial charge in [-0.3, -0.25) is 9.78 Å². The lowest BCUT2D eigenvalue weighted by Crippen LogP contribution is -2.41. The van der Waals surface area contributed by atoms with E-state index in [1.807, 2.05) is 60.7 Å². The summed E-state index contributed by atoms with van der Waals surface area (Å²) in [6.07, 6.45) is 2.18. The van der Waals surface area contributed by atoms with E-state index >= 15 is 0 Å². The number of carbonyl (C=O) groups is 1. The summed E-state index contributed by atoms with van der Waals surface area (Å²) in [6, 6.07) is 19.3. The standard InChI is InChI=1S/C20H18Cl2N2O/c21-13-20(14-22,12-15-6-2-1-3-7-15)19(25)24-17-10-4-8-16-9-5-11-23-18(16)17/h1-11H,12-14H2,(H,24,25). The number of halogens is 2. The second kappa shape index (κ2) is 7.85. The maximum absolute atomic E-state index is 13.0. The molecule has 0 aliphatic carbocycles. The Morgan fingerprint density at radius 3 is 2.40 bits per heavy atom. The summed E-state index contributed by atoms with van der Waals surface area (Å²) in [6.45, 7) is 0. The van der Waals surface area contributed by atoms with Crippen molar-refractivity contribution < 1.29 is 4.79 Å². The van der Waals surface area contributed by atoms with E-state index in [0.29, 0.717) is 12.1 Å². The molecule has 0 aliphatic rings. The van der Waals surface area contributed by atoms with Crippen molar-refractivity contribution in [2.75, 3.05) is 17.1 Å². The minimum atomic E-state index is -0.887. The zero-order chi connectivity index (χ0) is 17.7. The Hall–Kier alpha value is -2.10. The third-order valence-electron chi connectivity index (χ3n) is 4.26. The Labute approximate surface area is 157 Å². The Morgan fingerprint density at radius 2 is 1.68 bits per heavy atom. The number of amides is 1. The molecule has 25 heavy (non-hydrogen) atoms. The van der Waals surface area contributed by atoms with Gasteiger partial charge in [-0.25, -0.2) is 0 Å². The van der Waals surface area contributed by atoms with Crippen LogP contribution in [0.3, 0.4) is 0 Å². The molecule has 1 N–H and O–H groups in total. The monoisotopic (exact) mass is 372 g/mol. The van der Waals surface area contributed by atoms with Crippen LogP contribution in [-0.4, -0.2) is 22.7 Å². The number of alkyl halides is 2. The highest BCUT2D eigenvalue weighted by molar-refractivity contribution is 6.25. The normalized spacial score (nSPS) is 11.4. The molecule has 3 rings (SSSR count).